The summed E-state index contributed by atoms with van der Waals surface area (Å²) in [6.45, 7) is 2.87. The van der Waals surface area contributed by atoms with Crippen LogP contribution in [0.25, 0.3) is 0 Å². The van der Waals surface area contributed by atoms with Crippen LogP contribution in [-0.4, -0.2) is 17.7 Å². The van der Waals surface area contributed by atoms with Gasteiger partial charge in [-0.1, -0.05) is 48.5 Å². The molecular weight excluding hydrogens is 234 g/mol. The van der Waals surface area contributed by atoms with Gasteiger partial charge in [-0.3, -0.25) is 0 Å². The highest BCUT2D eigenvalue weighted by molar-refractivity contribution is 5.59. The predicted octanol–water partition coefficient (Wildman–Crippen LogP) is 3.17. The maximum atomic E-state index is 10.4. The molecule has 2 aromatic carbocycles. The molecule has 1 N–H and O–H groups in total. The minimum absolute atomic E-state index is 0.435. The van der Waals surface area contributed by atoms with Crippen molar-refractivity contribution in [2.24, 2.45) is 0 Å². The Balaban J connectivity index is 1.80. The average molecular weight is 253 g/mol. The monoisotopic (exact) mass is 253 g/mol. The number of nitrogens with zero attached hydrogens (tertiary/aromatic N) is 1. The zero-order chi connectivity index (χ0) is 13.2. The first-order valence-electron chi connectivity index (χ1n) is 6.83. The Kier molecular flexibility index (Phi) is 3.26. The third-order valence-corrected chi connectivity index (χ3v) is 3.90. The van der Waals surface area contributed by atoms with Crippen molar-refractivity contribution in [1.82, 2.24) is 0 Å². The summed E-state index contributed by atoms with van der Waals surface area (Å²) in [7, 11) is 0. The molecule has 2 aromatic rings. The molecule has 0 aromatic heterocycles. The van der Waals surface area contributed by atoms with Crippen LogP contribution in [0.5, 0.6) is 0 Å². The second kappa shape index (κ2) is 5.06. The lowest BCUT2D eigenvalue weighted by Gasteiger charge is -2.27. The summed E-state index contributed by atoms with van der Waals surface area (Å²) in [4.78, 5) is 2.31. The van der Waals surface area contributed by atoms with E-state index in [1.165, 1.54) is 11.3 Å². The summed E-state index contributed by atoms with van der Waals surface area (Å²) < 4.78 is 0. The van der Waals surface area contributed by atoms with Gasteiger partial charge in [0.15, 0.2) is 0 Å². The molecular formula is C17H19NO. The first-order valence-corrected chi connectivity index (χ1v) is 6.83. The topological polar surface area (TPSA) is 23.5 Å². The highest BCUT2D eigenvalue weighted by Crippen LogP contribution is 2.33. The zero-order valence-corrected chi connectivity index (χ0v) is 11.2. The van der Waals surface area contributed by atoms with Crippen molar-refractivity contribution < 1.29 is 5.11 Å². The number of hydrogen-bond donors (Lipinski definition) is 1. The molecule has 1 aliphatic heterocycles. The molecule has 0 spiro atoms. The van der Waals surface area contributed by atoms with Crippen LogP contribution in [-0.2, 0) is 6.42 Å². The number of rotatable bonds is 3. The molecule has 1 aliphatic rings. The minimum Gasteiger partial charge on any atom is -0.387 e. The summed E-state index contributed by atoms with van der Waals surface area (Å²) in [5.41, 5.74) is 3.64. The molecule has 0 amide bonds. The fourth-order valence-electron chi connectivity index (χ4n) is 2.87. The molecule has 0 bridgehead atoms. The molecule has 98 valence electrons. The van der Waals surface area contributed by atoms with Crippen LogP contribution in [0, 0.1) is 0 Å². The van der Waals surface area contributed by atoms with Gasteiger partial charge in [0.2, 0.25) is 0 Å². The van der Waals surface area contributed by atoms with E-state index in [4.69, 9.17) is 0 Å². The molecule has 0 aliphatic carbocycles. The van der Waals surface area contributed by atoms with Crippen LogP contribution < -0.4 is 4.90 Å². The first kappa shape index (κ1) is 12.2. The van der Waals surface area contributed by atoms with Gasteiger partial charge in [0.05, 0.1) is 6.10 Å². The summed E-state index contributed by atoms with van der Waals surface area (Å²) in [6, 6.07) is 18.8. The van der Waals surface area contributed by atoms with Crippen molar-refractivity contribution in [3.63, 3.8) is 0 Å². The summed E-state index contributed by atoms with van der Waals surface area (Å²) in [6.07, 6.45) is 0.632. The Labute approximate surface area is 114 Å². The van der Waals surface area contributed by atoms with E-state index >= 15 is 0 Å². The number of para-hydroxylation sites is 1. The third-order valence-electron chi connectivity index (χ3n) is 3.90. The smallest absolute Gasteiger partial charge is 0.0964 e. The molecule has 0 fully saturated rings. The van der Waals surface area contributed by atoms with Gasteiger partial charge in [0, 0.05) is 18.3 Å². The normalized spacial score (nSPS) is 19.3. The maximum absolute atomic E-state index is 10.4. The number of anilines is 1. The van der Waals surface area contributed by atoms with Crippen LogP contribution >= 0.6 is 0 Å². The molecule has 0 saturated carbocycles. The average Bonchev–Trinajstić information content (AvgIpc) is 2.76. The number of hydrogen-bond acceptors (Lipinski definition) is 2. The van der Waals surface area contributed by atoms with Crippen LogP contribution in [0.3, 0.4) is 0 Å². The van der Waals surface area contributed by atoms with Gasteiger partial charge in [0.25, 0.3) is 0 Å². The van der Waals surface area contributed by atoms with E-state index in [0.717, 1.165) is 12.0 Å². The Hall–Kier alpha value is -1.80. The van der Waals surface area contributed by atoms with Gasteiger partial charge >= 0.3 is 0 Å². The molecule has 0 saturated heterocycles. The van der Waals surface area contributed by atoms with Crippen molar-refractivity contribution >= 4 is 5.69 Å². The Bertz CT molecular complexity index is 552. The van der Waals surface area contributed by atoms with Gasteiger partial charge in [-0.25, -0.2) is 0 Å². The van der Waals surface area contributed by atoms with Crippen molar-refractivity contribution in [2.75, 3.05) is 11.4 Å². The fraction of sp³-hybridized carbons (Fsp3) is 0.294. The second-order valence-corrected chi connectivity index (χ2v) is 5.26. The van der Waals surface area contributed by atoms with Crippen molar-refractivity contribution in [2.45, 2.75) is 25.5 Å². The van der Waals surface area contributed by atoms with Gasteiger partial charge < -0.3 is 10.0 Å². The number of aliphatic hydroxyl groups is 1. The molecule has 0 unspecified atom stereocenters. The number of benzene rings is 2. The highest BCUT2D eigenvalue weighted by atomic mass is 16.3. The molecule has 3 rings (SSSR count). The van der Waals surface area contributed by atoms with Crippen LogP contribution in [0.4, 0.5) is 5.69 Å². The first-order chi connectivity index (χ1) is 9.25. The van der Waals surface area contributed by atoms with Crippen molar-refractivity contribution in [3.05, 3.63) is 65.7 Å². The van der Waals surface area contributed by atoms with Crippen LogP contribution in [0.15, 0.2) is 54.6 Å². The van der Waals surface area contributed by atoms with E-state index in [2.05, 4.69) is 36.1 Å². The SMILES string of the molecule is C[C@@H]1Cc2ccccc2N1C[C@H](O)c1ccccc1. The minimum atomic E-state index is -0.435. The predicted molar refractivity (Wildman–Crippen MR) is 78.4 cm³/mol. The van der Waals surface area contributed by atoms with E-state index in [1.807, 2.05) is 30.3 Å². The highest BCUT2D eigenvalue weighted by Gasteiger charge is 2.27. The lowest BCUT2D eigenvalue weighted by molar-refractivity contribution is 0.181. The van der Waals surface area contributed by atoms with E-state index in [-0.39, 0.29) is 0 Å². The third kappa shape index (κ3) is 2.36. The zero-order valence-electron chi connectivity index (χ0n) is 11.2. The summed E-state index contributed by atoms with van der Waals surface area (Å²) >= 11 is 0. The molecule has 2 atom stereocenters. The van der Waals surface area contributed by atoms with E-state index < -0.39 is 6.10 Å². The summed E-state index contributed by atoms with van der Waals surface area (Å²) in [5, 5.41) is 10.4. The van der Waals surface area contributed by atoms with Gasteiger partial charge in [-0.2, -0.15) is 0 Å². The molecule has 19 heavy (non-hydrogen) atoms. The molecule has 2 nitrogen and oxygen atoms in total. The Morgan fingerprint density at radius 1 is 1.11 bits per heavy atom. The number of aliphatic hydroxyl groups excluding tert-OH is 1. The maximum Gasteiger partial charge on any atom is 0.0964 e. The van der Waals surface area contributed by atoms with Crippen LogP contribution in [0.1, 0.15) is 24.2 Å². The molecule has 1 heterocycles. The lowest BCUT2D eigenvalue weighted by Crippen LogP contribution is -2.33. The molecule has 2 heteroatoms. The Morgan fingerprint density at radius 3 is 2.58 bits per heavy atom. The van der Waals surface area contributed by atoms with Gasteiger partial charge in [-0.15, -0.1) is 0 Å². The molecule has 0 radical (unpaired) electrons. The number of fused-ring (bicyclic) bond motifs is 1. The van der Waals surface area contributed by atoms with Gasteiger partial charge in [-0.05, 0) is 30.5 Å². The summed E-state index contributed by atoms with van der Waals surface area (Å²) in [5.74, 6) is 0. The lowest BCUT2D eigenvalue weighted by atomic mass is 10.1. The second-order valence-electron chi connectivity index (χ2n) is 5.26. The van der Waals surface area contributed by atoms with Gasteiger partial charge in [0.1, 0.15) is 0 Å². The van der Waals surface area contributed by atoms with E-state index in [0.29, 0.717) is 12.6 Å². The van der Waals surface area contributed by atoms with Crippen LogP contribution in [0.2, 0.25) is 0 Å². The number of β-amino-alcohol motifs (C(OH)–C–C–N with tert-alkyl or cyclic N) is 1. The van der Waals surface area contributed by atoms with Crippen molar-refractivity contribution in [3.8, 4) is 0 Å². The Morgan fingerprint density at radius 2 is 1.79 bits per heavy atom. The quantitative estimate of drug-likeness (QED) is 0.908. The van der Waals surface area contributed by atoms with Crippen molar-refractivity contribution in [1.29, 1.82) is 0 Å². The fourth-order valence-corrected chi connectivity index (χ4v) is 2.87. The standard InChI is InChI=1S/C17H19NO/c1-13-11-15-9-5-6-10-16(15)18(13)12-17(19)14-7-3-2-4-8-14/h2-10,13,17,19H,11-12H2,1H3/t13-,17+/m1/s1. The largest absolute Gasteiger partial charge is 0.387 e. The van der Waals surface area contributed by atoms with E-state index in [1.54, 1.807) is 0 Å². The van der Waals surface area contributed by atoms with E-state index in [9.17, 15) is 5.11 Å².